The maximum atomic E-state index is 12.5. The lowest BCUT2D eigenvalue weighted by atomic mass is 10.0. The van der Waals surface area contributed by atoms with Crippen molar-refractivity contribution in [1.29, 1.82) is 0 Å². The zero-order valence-electron chi connectivity index (χ0n) is 18.4. The van der Waals surface area contributed by atoms with Crippen LogP contribution >= 0.6 is 0 Å². The molecular formula is C27H30N2O2. The van der Waals surface area contributed by atoms with Crippen LogP contribution < -0.4 is 15.0 Å². The summed E-state index contributed by atoms with van der Waals surface area (Å²) in [5, 5.41) is 2.94. The van der Waals surface area contributed by atoms with Gasteiger partial charge in [0.05, 0.1) is 6.54 Å². The third kappa shape index (κ3) is 5.26. The van der Waals surface area contributed by atoms with Gasteiger partial charge in [0.1, 0.15) is 12.4 Å². The Labute approximate surface area is 184 Å². The summed E-state index contributed by atoms with van der Waals surface area (Å²) in [6, 6.07) is 22.7. The molecule has 1 N–H and O–H groups in total. The standard InChI is InChI=1S/C27H30N2O2/c1-20-9-14-26(21(2)18-20)31-17-15-28-27(30)24-12-10-22(11-13-24)19-29-16-5-7-23-6-3-4-8-25(23)29/h3-4,6,8-14,18H,5,7,15-17,19H2,1-2H3,(H,28,30). The van der Waals surface area contributed by atoms with E-state index >= 15 is 0 Å². The molecule has 0 radical (unpaired) electrons. The van der Waals surface area contributed by atoms with Crippen LogP contribution in [0.15, 0.2) is 66.7 Å². The van der Waals surface area contributed by atoms with E-state index in [-0.39, 0.29) is 5.91 Å². The molecular weight excluding hydrogens is 384 g/mol. The average Bonchev–Trinajstić information content (AvgIpc) is 2.78. The average molecular weight is 415 g/mol. The smallest absolute Gasteiger partial charge is 0.251 e. The number of para-hydroxylation sites is 1. The quantitative estimate of drug-likeness (QED) is 0.549. The zero-order chi connectivity index (χ0) is 21.6. The summed E-state index contributed by atoms with van der Waals surface area (Å²) >= 11 is 0. The number of carbonyl (C=O) groups is 1. The molecule has 0 fully saturated rings. The Morgan fingerprint density at radius 3 is 2.65 bits per heavy atom. The maximum Gasteiger partial charge on any atom is 0.251 e. The van der Waals surface area contributed by atoms with Crippen molar-refractivity contribution in [2.45, 2.75) is 33.2 Å². The first-order chi connectivity index (χ1) is 15.1. The highest BCUT2D eigenvalue weighted by Crippen LogP contribution is 2.28. The topological polar surface area (TPSA) is 41.6 Å². The molecule has 1 heterocycles. The molecule has 0 unspecified atom stereocenters. The number of nitrogens with zero attached hydrogens (tertiary/aromatic N) is 1. The van der Waals surface area contributed by atoms with E-state index in [0.717, 1.165) is 30.8 Å². The second-order valence-corrected chi connectivity index (χ2v) is 8.22. The fourth-order valence-electron chi connectivity index (χ4n) is 4.15. The number of benzene rings is 3. The normalized spacial score (nSPS) is 12.9. The van der Waals surface area contributed by atoms with Gasteiger partial charge >= 0.3 is 0 Å². The van der Waals surface area contributed by atoms with Gasteiger partial charge in [0.2, 0.25) is 0 Å². The number of ether oxygens (including phenoxy) is 1. The highest BCUT2D eigenvalue weighted by atomic mass is 16.5. The first-order valence-electron chi connectivity index (χ1n) is 11.0. The zero-order valence-corrected chi connectivity index (χ0v) is 18.4. The highest BCUT2D eigenvalue weighted by Gasteiger charge is 2.16. The van der Waals surface area contributed by atoms with Gasteiger partial charge in [-0.15, -0.1) is 0 Å². The molecule has 160 valence electrons. The largest absolute Gasteiger partial charge is 0.491 e. The highest BCUT2D eigenvalue weighted by molar-refractivity contribution is 5.94. The number of nitrogens with one attached hydrogen (secondary N) is 1. The summed E-state index contributed by atoms with van der Waals surface area (Å²) in [4.78, 5) is 14.9. The number of carbonyl (C=O) groups excluding carboxylic acids is 1. The number of rotatable bonds is 7. The van der Waals surface area contributed by atoms with Crippen molar-refractivity contribution in [3.05, 3.63) is 94.5 Å². The van der Waals surface area contributed by atoms with E-state index in [9.17, 15) is 4.79 Å². The molecule has 4 heteroatoms. The van der Waals surface area contributed by atoms with Crippen LogP contribution in [0, 0.1) is 13.8 Å². The van der Waals surface area contributed by atoms with Crippen LogP contribution in [-0.2, 0) is 13.0 Å². The Morgan fingerprint density at radius 2 is 1.84 bits per heavy atom. The Hall–Kier alpha value is -3.27. The summed E-state index contributed by atoms with van der Waals surface area (Å²) < 4.78 is 5.79. The van der Waals surface area contributed by atoms with Gasteiger partial charge in [-0.3, -0.25) is 4.79 Å². The summed E-state index contributed by atoms with van der Waals surface area (Å²) in [6.45, 7) is 6.95. The Kier molecular flexibility index (Phi) is 6.56. The van der Waals surface area contributed by atoms with Crippen LogP contribution in [0.25, 0.3) is 0 Å². The summed E-state index contributed by atoms with van der Waals surface area (Å²) in [5.41, 5.74) is 6.97. The van der Waals surface area contributed by atoms with E-state index in [4.69, 9.17) is 4.74 Å². The van der Waals surface area contributed by atoms with Crippen molar-refractivity contribution in [2.75, 3.05) is 24.6 Å². The van der Waals surface area contributed by atoms with E-state index in [2.05, 4.69) is 59.6 Å². The number of aryl methyl sites for hydroxylation is 3. The van der Waals surface area contributed by atoms with Gasteiger partial charge in [-0.05, 0) is 67.6 Å². The maximum absolute atomic E-state index is 12.5. The molecule has 1 aliphatic rings. The van der Waals surface area contributed by atoms with E-state index in [1.807, 2.05) is 31.2 Å². The predicted octanol–water partition coefficient (Wildman–Crippen LogP) is 5.07. The molecule has 4 rings (SSSR count). The van der Waals surface area contributed by atoms with Gasteiger partial charge in [0.15, 0.2) is 0 Å². The van der Waals surface area contributed by atoms with Crippen LogP contribution in [0.3, 0.4) is 0 Å². The van der Waals surface area contributed by atoms with Gasteiger partial charge in [-0.1, -0.05) is 48.0 Å². The van der Waals surface area contributed by atoms with Crippen molar-refractivity contribution >= 4 is 11.6 Å². The molecule has 4 nitrogen and oxygen atoms in total. The van der Waals surface area contributed by atoms with Crippen LogP contribution in [0.2, 0.25) is 0 Å². The predicted molar refractivity (Wildman–Crippen MR) is 126 cm³/mol. The molecule has 0 saturated carbocycles. The summed E-state index contributed by atoms with van der Waals surface area (Å²) in [5.74, 6) is 0.794. The van der Waals surface area contributed by atoms with Gasteiger partial charge < -0.3 is 15.0 Å². The molecule has 1 aliphatic heterocycles. The van der Waals surface area contributed by atoms with E-state index in [1.54, 1.807) is 0 Å². The third-order valence-corrected chi connectivity index (χ3v) is 5.77. The third-order valence-electron chi connectivity index (χ3n) is 5.77. The van der Waals surface area contributed by atoms with Gasteiger partial charge in [0.25, 0.3) is 5.91 Å². The minimum Gasteiger partial charge on any atom is -0.491 e. The summed E-state index contributed by atoms with van der Waals surface area (Å²) in [6.07, 6.45) is 2.33. The Morgan fingerprint density at radius 1 is 1.03 bits per heavy atom. The minimum absolute atomic E-state index is 0.0703. The molecule has 0 bridgehead atoms. The van der Waals surface area contributed by atoms with Crippen LogP contribution in [0.1, 0.15) is 39.0 Å². The van der Waals surface area contributed by atoms with Crippen molar-refractivity contribution in [2.24, 2.45) is 0 Å². The van der Waals surface area contributed by atoms with Gasteiger partial charge in [0, 0.05) is 24.3 Å². The lowest BCUT2D eigenvalue weighted by Crippen LogP contribution is -2.29. The SMILES string of the molecule is Cc1ccc(OCCNC(=O)c2ccc(CN3CCCc4ccccc43)cc2)c(C)c1. The second-order valence-electron chi connectivity index (χ2n) is 8.22. The first kappa shape index (κ1) is 21.0. The molecule has 0 aromatic heterocycles. The van der Waals surface area contributed by atoms with Gasteiger partial charge in [-0.2, -0.15) is 0 Å². The van der Waals surface area contributed by atoms with Crippen molar-refractivity contribution < 1.29 is 9.53 Å². The number of amides is 1. The van der Waals surface area contributed by atoms with E-state index in [0.29, 0.717) is 18.7 Å². The van der Waals surface area contributed by atoms with Crippen molar-refractivity contribution in [1.82, 2.24) is 5.32 Å². The first-order valence-corrected chi connectivity index (χ1v) is 11.0. The molecule has 0 saturated heterocycles. The number of fused-ring (bicyclic) bond motifs is 1. The molecule has 0 aliphatic carbocycles. The van der Waals surface area contributed by atoms with Gasteiger partial charge in [-0.25, -0.2) is 0 Å². The summed E-state index contributed by atoms with van der Waals surface area (Å²) in [7, 11) is 0. The number of anilines is 1. The minimum atomic E-state index is -0.0703. The Bertz CT molecular complexity index is 1040. The van der Waals surface area contributed by atoms with Crippen LogP contribution in [-0.4, -0.2) is 25.6 Å². The molecule has 0 spiro atoms. The molecule has 3 aromatic carbocycles. The van der Waals surface area contributed by atoms with Crippen molar-refractivity contribution in [3.8, 4) is 5.75 Å². The van der Waals surface area contributed by atoms with Crippen LogP contribution in [0.5, 0.6) is 5.75 Å². The number of hydrogen-bond donors (Lipinski definition) is 1. The lowest BCUT2D eigenvalue weighted by molar-refractivity contribution is 0.0947. The van der Waals surface area contributed by atoms with E-state index < -0.39 is 0 Å². The monoisotopic (exact) mass is 414 g/mol. The van der Waals surface area contributed by atoms with Crippen LogP contribution in [0.4, 0.5) is 5.69 Å². The molecule has 0 atom stereocenters. The lowest BCUT2D eigenvalue weighted by Gasteiger charge is -2.31. The fourth-order valence-corrected chi connectivity index (χ4v) is 4.15. The number of hydrogen-bond acceptors (Lipinski definition) is 3. The molecule has 3 aromatic rings. The van der Waals surface area contributed by atoms with Crippen molar-refractivity contribution in [3.63, 3.8) is 0 Å². The second kappa shape index (κ2) is 9.69. The van der Waals surface area contributed by atoms with E-state index in [1.165, 1.54) is 28.8 Å². The molecule has 1 amide bonds. The molecule has 31 heavy (non-hydrogen) atoms. The fraction of sp³-hybridized carbons (Fsp3) is 0.296. The Balaban J connectivity index is 1.27.